The van der Waals surface area contributed by atoms with Gasteiger partial charge in [-0.1, -0.05) is 72.8 Å². The largest absolute Gasteiger partial charge is 0.330 e. The van der Waals surface area contributed by atoms with Crippen LogP contribution in [-0.2, 0) is 6.42 Å². The molecular weight excluding hydrogens is 445 g/mol. The van der Waals surface area contributed by atoms with Gasteiger partial charge in [0.1, 0.15) is 5.82 Å². The fraction of sp³-hybridized carbons (Fsp3) is 0.0625. The van der Waals surface area contributed by atoms with E-state index in [1.54, 1.807) is 12.1 Å². The highest BCUT2D eigenvalue weighted by atomic mass is 19.1. The molecule has 2 N–H and O–H groups in total. The highest BCUT2D eigenvalue weighted by Gasteiger charge is 2.21. The van der Waals surface area contributed by atoms with Crippen molar-refractivity contribution < 1.29 is 4.39 Å². The molecule has 2 aromatic heterocycles. The van der Waals surface area contributed by atoms with Crippen LogP contribution in [0.25, 0.3) is 55.0 Å². The van der Waals surface area contributed by atoms with Gasteiger partial charge in [-0.15, -0.1) is 0 Å². The number of hydrogen-bond donors (Lipinski definition) is 1. The summed E-state index contributed by atoms with van der Waals surface area (Å²) in [6, 6.07) is 36.6. The predicted octanol–water partition coefficient (Wildman–Crippen LogP) is 7.52. The van der Waals surface area contributed by atoms with Gasteiger partial charge in [-0.2, -0.15) is 0 Å². The zero-order valence-corrected chi connectivity index (χ0v) is 19.7. The summed E-state index contributed by atoms with van der Waals surface area (Å²) in [6.07, 6.45) is 0.618. The third-order valence-electron chi connectivity index (χ3n) is 7.20. The number of rotatable bonds is 4. The first-order chi connectivity index (χ1) is 17.8. The van der Waals surface area contributed by atoms with E-state index in [0.29, 0.717) is 13.0 Å². The Morgan fingerprint density at radius 3 is 1.19 bits per heavy atom. The topological polar surface area (TPSA) is 35.9 Å². The van der Waals surface area contributed by atoms with Crippen LogP contribution in [0.2, 0.25) is 0 Å². The average molecular weight is 470 g/mol. The van der Waals surface area contributed by atoms with Gasteiger partial charge >= 0.3 is 0 Å². The summed E-state index contributed by atoms with van der Waals surface area (Å²) in [4.78, 5) is 0. The van der Waals surface area contributed by atoms with Crippen molar-refractivity contribution in [1.82, 2.24) is 9.13 Å². The van der Waals surface area contributed by atoms with Gasteiger partial charge in [0.25, 0.3) is 0 Å². The van der Waals surface area contributed by atoms with E-state index in [1.807, 2.05) is 24.3 Å². The van der Waals surface area contributed by atoms with Crippen molar-refractivity contribution in [2.24, 2.45) is 5.73 Å². The van der Waals surface area contributed by atoms with E-state index in [2.05, 4.69) is 81.9 Å². The Hall–Kier alpha value is -4.41. The molecule has 0 aliphatic carbocycles. The number of hydrogen-bond acceptors (Lipinski definition) is 1. The molecule has 0 unspecified atom stereocenters. The van der Waals surface area contributed by atoms with E-state index < -0.39 is 0 Å². The van der Waals surface area contributed by atoms with Gasteiger partial charge in [-0.05, 0) is 49.4 Å². The Morgan fingerprint density at radius 1 is 0.528 bits per heavy atom. The van der Waals surface area contributed by atoms with Crippen LogP contribution in [0.4, 0.5) is 4.39 Å². The van der Waals surface area contributed by atoms with E-state index in [9.17, 15) is 0 Å². The molecule has 5 aromatic carbocycles. The Labute approximate surface area is 207 Å². The summed E-state index contributed by atoms with van der Waals surface area (Å²) >= 11 is 0. The van der Waals surface area contributed by atoms with Crippen LogP contribution in [0, 0.1) is 5.82 Å². The molecule has 4 heteroatoms. The monoisotopic (exact) mass is 469 g/mol. The van der Waals surface area contributed by atoms with Gasteiger partial charge in [0.05, 0.1) is 33.4 Å². The molecule has 0 radical (unpaired) electrons. The van der Waals surface area contributed by atoms with Crippen molar-refractivity contribution in [3.8, 4) is 11.4 Å². The molecule has 3 nitrogen and oxygen atoms in total. The maximum absolute atomic E-state index is 15.6. The summed E-state index contributed by atoms with van der Waals surface area (Å²) in [7, 11) is 0. The molecule has 0 aliphatic rings. The first kappa shape index (κ1) is 20.9. The quantitative estimate of drug-likeness (QED) is 0.284. The minimum absolute atomic E-state index is 0.274. The minimum atomic E-state index is -0.274. The van der Waals surface area contributed by atoms with Crippen LogP contribution in [0.1, 0.15) is 5.56 Å². The number of fused-ring (bicyclic) bond motifs is 6. The second-order valence-electron chi connectivity index (χ2n) is 9.20. The molecule has 0 spiro atoms. The molecule has 0 atom stereocenters. The fourth-order valence-electron chi connectivity index (χ4n) is 5.77. The molecule has 0 aliphatic heterocycles. The molecule has 2 heterocycles. The van der Waals surface area contributed by atoms with Crippen LogP contribution in [0.5, 0.6) is 0 Å². The second kappa shape index (κ2) is 8.08. The molecule has 0 saturated carbocycles. The summed E-state index contributed by atoms with van der Waals surface area (Å²) in [5, 5.41) is 4.59. The average Bonchev–Trinajstić information content (AvgIpc) is 3.43. The molecule has 7 aromatic rings. The van der Waals surface area contributed by atoms with Gasteiger partial charge < -0.3 is 14.9 Å². The lowest BCUT2D eigenvalue weighted by Crippen LogP contribution is -2.12. The third kappa shape index (κ3) is 2.95. The van der Waals surface area contributed by atoms with Crippen molar-refractivity contribution in [3.63, 3.8) is 0 Å². The molecule has 174 valence electrons. The standard InChI is InChI=1S/C32H24FN3/c33-21-19-31(35-27-13-5-1-9-22(27)23-10-2-6-14-28(23)35)26(17-18-34)32(20-21)36-29-15-7-3-11-24(29)25-12-4-8-16-30(25)36/h1-16,19-20H,17-18,34H2. The molecule has 0 bridgehead atoms. The lowest BCUT2D eigenvalue weighted by molar-refractivity contribution is 0.625. The molecule has 7 rings (SSSR count). The number of nitrogens with zero attached hydrogens (tertiary/aromatic N) is 2. The van der Waals surface area contributed by atoms with Crippen LogP contribution >= 0.6 is 0 Å². The maximum Gasteiger partial charge on any atom is 0.127 e. The SMILES string of the molecule is NCCc1c(-n2c3ccccc3c3ccccc32)cc(F)cc1-n1c2ccccc2c2ccccc21. The van der Waals surface area contributed by atoms with E-state index in [0.717, 1.165) is 60.5 Å². The van der Waals surface area contributed by atoms with E-state index >= 15 is 4.39 Å². The summed E-state index contributed by atoms with van der Waals surface area (Å²) in [5.41, 5.74) is 13.1. The van der Waals surface area contributed by atoms with Crippen LogP contribution < -0.4 is 5.73 Å². The lowest BCUT2D eigenvalue weighted by Gasteiger charge is -2.20. The first-order valence-corrected chi connectivity index (χ1v) is 12.3. The highest BCUT2D eigenvalue weighted by molar-refractivity contribution is 6.10. The molecule has 0 amide bonds. The third-order valence-corrected chi connectivity index (χ3v) is 7.20. The van der Waals surface area contributed by atoms with Crippen LogP contribution in [0.15, 0.2) is 109 Å². The lowest BCUT2D eigenvalue weighted by atomic mass is 10.0. The van der Waals surface area contributed by atoms with Gasteiger partial charge in [0.15, 0.2) is 0 Å². The van der Waals surface area contributed by atoms with Crippen molar-refractivity contribution in [1.29, 1.82) is 0 Å². The maximum atomic E-state index is 15.6. The van der Waals surface area contributed by atoms with Gasteiger partial charge in [-0.25, -0.2) is 4.39 Å². The Bertz CT molecular complexity index is 1680. The Kier molecular flexibility index (Phi) is 4.69. The second-order valence-corrected chi connectivity index (χ2v) is 9.20. The fourth-order valence-corrected chi connectivity index (χ4v) is 5.77. The number of nitrogens with two attached hydrogens (primary N) is 1. The zero-order chi connectivity index (χ0) is 24.2. The van der Waals surface area contributed by atoms with Crippen molar-refractivity contribution in [2.75, 3.05) is 6.54 Å². The number of para-hydroxylation sites is 4. The number of halogens is 1. The van der Waals surface area contributed by atoms with Crippen molar-refractivity contribution >= 4 is 43.6 Å². The predicted molar refractivity (Wildman–Crippen MR) is 148 cm³/mol. The highest BCUT2D eigenvalue weighted by Crippen LogP contribution is 2.38. The Balaban J connectivity index is 1.65. The smallest absolute Gasteiger partial charge is 0.127 e. The van der Waals surface area contributed by atoms with E-state index in [4.69, 9.17) is 5.73 Å². The zero-order valence-electron chi connectivity index (χ0n) is 19.7. The first-order valence-electron chi connectivity index (χ1n) is 12.3. The van der Waals surface area contributed by atoms with Gasteiger partial charge in [0, 0.05) is 27.1 Å². The molecular formula is C32H24FN3. The van der Waals surface area contributed by atoms with E-state index in [1.165, 1.54) is 0 Å². The Morgan fingerprint density at radius 2 is 0.861 bits per heavy atom. The van der Waals surface area contributed by atoms with Gasteiger partial charge in [-0.3, -0.25) is 0 Å². The minimum Gasteiger partial charge on any atom is -0.330 e. The number of benzene rings is 5. The van der Waals surface area contributed by atoms with Crippen molar-refractivity contribution in [3.05, 3.63) is 121 Å². The van der Waals surface area contributed by atoms with Crippen LogP contribution in [-0.4, -0.2) is 15.7 Å². The summed E-state index contributed by atoms with van der Waals surface area (Å²) < 4.78 is 20.0. The molecule has 0 fully saturated rings. The summed E-state index contributed by atoms with van der Waals surface area (Å²) in [6.45, 7) is 0.458. The molecule has 36 heavy (non-hydrogen) atoms. The van der Waals surface area contributed by atoms with Crippen LogP contribution in [0.3, 0.4) is 0 Å². The van der Waals surface area contributed by atoms with Crippen molar-refractivity contribution in [2.45, 2.75) is 6.42 Å². The van der Waals surface area contributed by atoms with E-state index in [-0.39, 0.29) is 5.82 Å². The summed E-state index contributed by atoms with van der Waals surface area (Å²) in [5.74, 6) is -0.274. The normalized spacial score (nSPS) is 11.8. The van der Waals surface area contributed by atoms with Gasteiger partial charge in [0.2, 0.25) is 0 Å². The molecule has 0 saturated heterocycles. The number of aromatic nitrogens is 2.